The molecular formula is C15H20ClNO6S. The average Bonchev–Trinajstić information content (AvgIpc) is 2.51. The molecule has 0 aromatic heterocycles. The average molecular weight is 378 g/mol. The van der Waals surface area contributed by atoms with Crippen LogP contribution in [0.25, 0.3) is 0 Å². The molecule has 0 saturated heterocycles. The van der Waals surface area contributed by atoms with Crippen LogP contribution in [0.3, 0.4) is 0 Å². The summed E-state index contributed by atoms with van der Waals surface area (Å²) >= 11 is 9.41. The van der Waals surface area contributed by atoms with E-state index in [9.17, 15) is 14.4 Å². The van der Waals surface area contributed by atoms with Crippen LogP contribution in [-0.2, 0) is 14.4 Å². The first-order chi connectivity index (χ1) is 11.2. The van der Waals surface area contributed by atoms with Crippen molar-refractivity contribution >= 4 is 42.1 Å². The van der Waals surface area contributed by atoms with Gasteiger partial charge in [-0.2, -0.15) is 12.6 Å². The maximum atomic E-state index is 10.5. The largest absolute Gasteiger partial charge is 0.493 e. The molecule has 1 rings (SSSR count). The van der Waals surface area contributed by atoms with Gasteiger partial charge >= 0.3 is 11.9 Å². The highest BCUT2D eigenvalue weighted by atomic mass is 35.5. The lowest BCUT2D eigenvalue weighted by molar-refractivity contribution is -0.142. The molecule has 24 heavy (non-hydrogen) atoms. The highest BCUT2D eigenvalue weighted by molar-refractivity contribution is 7.80. The molecule has 9 heteroatoms. The van der Waals surface area contributed by atoms with Crippen LogP contribution in [0, 0.1) is 5.92 Å². The van der Waals surface area contributed by atoms with Crippen LogP contribution in [0.15, 0.2) is 24.3 Å². The predicted molar refractivity (Wildman–Crippen MR) is 92.8 cm³/mol. The first-order valence-electron chi connectivity index (χ1n) is 6.89. The Morgan fingerprint density at radius 1 is 1.21 bits per heavy atom. The first-order valence-corrected chi connectivity index (χ1v) is 7.90. The number of ether oxygens (including phenoxy) is 1. The van der Waals surface area contributed by atoms with Gasteiger partial charge in [0, 0.05) is 17.7 Å². The SMILES string of the molecule is CC(=O)N[C@@H](CS)C(=O)O.CC(COc1ccc(Cl)cc1)C(=O)O. The Bertz CT molecular complexity index is 551. The molecule has 0 fully saturated rings. The summed E-state index contributed by atoms with van der Waals surface area (Å²) in [6.45, 7) is 3.02. The fraction of sp³-hybridized carbons (Fsp3) is 0.400. The first kappa shape index (κ1) is 22.1. The van der Waals surface area contributed by atoms with Gasteiger partial charge in [-0.05, 0) is 31.2 Å². The zero-order valence-electron chi connectivity index (χ0n) is 13.2. The molecule has 1 aromatic rings. The molecule has 0 bridgehead atoms. The number of aliphatic carboxylic acids is 2. The summed E-state index contributed by atoms with van der Waals surface area (Å²) in [5, 5.41) is 19.8. The Kier molecular flexibility index (Phi) is 10.7. The summed E-state index contributed by atoms with van der Waals surface area (Å²) in [6, 6.07) is 5.93. The molecule has 1 aromatic carbocycles. The zero-order valence-corrected chi connectivity index (χ0v) is 14.9. The van der Waals surface area contributed by atoms with Crippen molar-refractivity contribution in [2.24, 2.45) is 5.92 Å². The summed E-state index contributed by atoms with van der Waals surface area (Å²) in [4.78, 5) is 31.0. The van der Waals surface area contributed by atoms with Crippen molar-refractivity contribution in [3.63, 3.8) is 0 Å². The Hall–Kier alpha value is -1.93. The number of halogens is 1. The lowest BCUT2D eigenvalue weighted by Gasteiger charge is -2.08. The van der Waals surface area contributed by atoms with Crippen LogP contribution in [0.1, 0.15) is 13.8 Å². The smallest absolute Gasteiger partial charge is 0.327 e. The number of carboxylic acids is 2. The van der Waals surface area contributed by atoms with E-state index in [0.29, 0.717) is 10.8 Å². The van der Waals surface area contributed by atoms with E-state index in [1.165, 1.54) is 6.92 Å². The third-order valence-corrected chi connectivity index (χ3v) is 3.21. The molecule has 0 radical (unpaired) electrons. The Balaban J connectivity index is 0.000000470. The van der Waals surface area contributed by atoms with Crippen LogP contribution in [0.5, 0.6) is 5.75 Å². The second-order valence-corrected chi connectivity index (χ2v) is 5.58. The van der Waals surface area contributed by atoms with Crippen molar-refractivity contribution in [1.29, 1.82) is 0 Å². The number of carbonyl (C=O) groups is 3. The van der Waals surface area contributed by atoms with E-state index in [1.54, 1.807) is 31.2 Å². The minimum atomic E-state index is -1.06. The standard InChI is InChI=1S/C10H11ClO3.C5H9NO3S/c1-7(10(12)13)6-14-9-4-2-8(11)3-5-9;1-3(7)6-4(2-10)5(8)9/h2-5,7H,6H2,1H3,(H,12,13);4,10H,2H2,1H3,(H,6,7)(H,8,9)/t;4-/m.0/s1. The Morgan fingerprint density at radius 2 is 1.75 bits per heavy atom. The fourth-order valence-corrected chi connectivity index (χ4v) is 1.63. The molecule has 3 N–H and O–H groups in total. The van der Waals surface area contributed by atoms with E-state index < -0.39 is 23.9 Å². The molecule has 0 aliphatic heterocycles. The van der Waals surface area contributed by atoms with Crippen LogP contribution in [0.4, 0.5) is 0 Å². The number of benzene rings is 1. The number of hydrogen-bond acceptors (Lipinski definition) is 5. The summed E-state index contributed by atoms with van der Waals surface area (Å²) in [5.41, 5.74) is 0. The molecule has 7 nitrogen and oxygen atoms in total. The lowest BCUT2D eigenvalue weighted by Crippen LogP contribution is -2.40. The number of carbonyl (C=O) groups excluding carboxylic acids is 1. The normalized spacial score (nSPS) is 12.2. The van der Waals surface area contributed by atoms with Gasteiger partial charge in [-0.3, -0.25) is 9.59 Å². The van der Waals surface area contributed by atoms with E-state index in [1.807, 2.05) is 0 Å². The maximum absolute atomic E-state index is 10.5. The van der Waals surface area contributed by atoms with Crippen LogP contribution >= 0.6 is 24.2 Å². The third kappa shape index (κ3) is 9.96. The number of amides is 1. The minimum Gasteiger partial charge on any atom is -0.493 e. The number of rotatable bonds is 7. The highest BCUT2D eigenvalue weighted by Gasteiger charge is 2.15. The fourth-order valence-electron chi connectivity index (χ4n) is 1.25. The van der Waals surface area contributed by atoms with E-state index in [-0.39, 0.29) is 18.3 Å². The predicted octanol–water partition coefficient (Wildman–Crippen LogP) is 1.94. The summed E-state index contributed by atoms with van der Waals surface area (Å²) < 4.78 is 5.24. The van der Waals surface area contributed by atoms with Crippen molar-refractivity contribution in [3.05, 3.63) is 29.3 Å². The maximum Gasteiger partial charge on any atom is 0.327 e. The van der Waals surface area contributed by atoms with Crippen LogP contribution < -0.4 is 10.1 Å². The zero-order chi connectivity index (χ0) is 18.7. The monoisotopic (exact) mass is 377 g/mol. The molecule has 0 saturated carbocycles. The molecule has 1 unspecified atom stereocenters. The molecule has 134 valence electrons. The van der Waals surface area contributed by atoms with Gasteiger partial charge < -0.3 is 20.3 Å². The van der Waals surface area contributed by atoms with Gasteiger partial charge in [-0.1, -0.05) is 11.6 Å². The summed E-state index contributed by atoms with van der Waals surface area (Å²) in [5.74, 6) is -2.06. The van der Waals surface area contributed by atoms with Gasteiger partial charge in [-0.25, -0.2) is 4.79 Å². The topological polar surface area (TPSA) is 113 Å². The van der Waals surface area contributed by atoms with Crippen molar-refractivity contribution in [2.75, 3.05) is 12.4 Å². The van der Waals surface area contributed by atoms with Gasteiger partial charge in [0.15, 0.2) is 0 Å². The minimum absolute atomic E-state index is 0.106. The highest BCUT2D eigenvalue weighted by Crippen LogP contribution is 2.16. The Labute approximate surface area is 150 Å². The molecule has 1 amide bonds. The third-order valence-electron chi connectivity index (χ3n) is 2.59. The quantitative estimate of drug-likeness (QED) is 0.540. The molecule has 0 heterocycles. The molecule has 0 spiro atoms. The Morgan fingerprint density at radius 3 is 2.08 bits per heavy atom. The second-order valence-electron chi connectivity index (χ2n) is 4.78. The van der Waals surface area contributed by atoms with Crippen LogP contribution in [0.2, 0.25) is 5.02 Å². The van der Waals surface area contributed by atoms with E-state index in [4.69, 9.17) is 26.6 Å². The number of nitrogens with one attached hydrogen (secondary N) is 1. The van der Waals surface area contributed by atoms with Gasteiger partial charge in [-0.15, -0.1) is 0 Å². The lowest BCUT2D eigenvalue weighted by atomic mass is 10.2. The molecular weight excluding hydrogens is 358 g/mol. The van der Waals surface area contributed by atoms with Crippen molar-refractivity contribution in [2.45, 2.75) is 19.9 Å². The molecule has 0 aliphatic carbocycles. The van der Waals surface area contributed by atoms with Crippen molar-refractivity contribution < 1.29 is 29.3 Å². The van der Waals surface area contributed by atoms with E-state index in [0.717, 1.165) is 0 Å². The van der Waals surface area contributed by atoms with Crippen molar-refractivity contribution in [1.82, 2.24) is 5.32 Å². The summed E-state index contributed by atoms with van der Waals surface area (Å²) in [6.07, 6.45) is 0. The van der Waals surface area contributed by atoms with Gasteiger partial charge in [0.2, 0.25) is 5.91 Å². The van der Waals surface area contributed by atoms with Crippen LogP contribution in [-0.4, -0.2) is 46.5 Å². The summed E-state index contributed by atoms with van der Waals surface area (Å²) in [7, 11) is 0. The molecule has 0 aliphatic rings. The number of hydrogen-bond donors (Lipinski definition) is 4. The van der Waals surface area contributed by atoms with Gasteiger partial charge in [0.1, 0.15) is 18.4 Å². The van der Waals surface area contributed by atoms with E-state index >= 15 is 0 Å². The van der Waals surface area contributed by atoms with Gasteiger partial charge in [0.05, 0.1) is 5.92 Å². The molecule has 2 atom stereocenters. The number of thiol groups is 1. The van der Waals surface area contributed by atoms with Crippen molar-refractivity contribution in [3.8, 4) is 5.75 Å². The number of carboxylic acid groups (broad SMARTS) is 2. The second kappa shape index (κ2) is 11.6. The van der Waals surface area contributed by atoms with Gasteiger partial charge in [0.25, 0.3) is 0 Å². The van der Waals surface area contributed by atoms with E-state index in [2.05, 4.69) is 17.9 Å².